The molecule has 0 spiro atoms. The molecule has 50 valence electrons. The van der Waals surface area contributed by atoms with Crippen LogP contribution in [-0.2, 0) is 0 Å². The minimum atomic E-state index is -0.465. The van der Waals surface area contributed by atoms with Gasteiger partial charge in [-0.15, -0.1) is 0 Å². The molecule has 0 amide bonds. The topological polar surface area (TPSA) is 29.5 Å². The van der Waals surface area contributed by atoms with Gasteiger partial charge in [0.2, 0.25) is 9.03 Å². The Morgan fingerprint density at radius 3 is 2.30 bits per heavy atom. The Kier molecular flexibility index (Phi) is 5.77. The molecule has 1 aromatic rings. The van der Waals surface area contributed by atoms with Crippen molar-refractivity contribution in [2.24, 2.45) is 0 Å². The van der Waals surface area contributed by atoms with Crippen LogP contribution in [0, 0.1) is 0 Å². The van der Waals surface area contributed by atoms with Crippen LogP contribution in [0.2, 0.25) is 0 Å². The average Bonchev–Trinajstić information content (AvgIpc) is 1.91. The van der Waals surface area contributed by atoms with Crippen molar-refractivity contribution in [3.63, 3.8) is 0 Å². The van der Waals surface area contributed by atoms with Gasteiger partial charge in [-0.3, -0.25) is 0 Å². The summed E-state index contributed by atoms with van der Waals surface area (Å²) >= 11 is 0. The van der Waals surface area contributed by atoms with E-state index in [1.165, 1.54) is 0 Å². The molecule has 2 nitrogen and oxygen atoms in total. The summed E-state index contributed by atoms with van der Waals surface area (Å²) in [5.41, 5.74) is 0. The standard InChI is InChI=1S/C6H7O2P.Li.H/c7-9-8-6-4-2-1-3-5-6;;/h1-5,7,9H;;. The first kappa shape index (κ1) is 10.0. The fraction of sp³-hybridized carbons (Fsp3) is 0. The van der Waals surface area contributed by atoms with Crippen LogP contribution in [0.3, 0.4) is 0 Å². The molecule has 0 aliphatic carbocycles. The van der Waals surface area contributed by atoms with Gasteiger partial charge in [0.15, 0.2) is 0 Å². The Labute approximate surface area is 73.7 Å². The van der Waals surface area contributed by atoms with Crippen molar-refractivity contribution in [2.75, 3.05) is 0 Å². The third kappa shape index (κ3) is 3.25. The zero-order chi connectivity index (χ0) is 6.53. The quantitative estimate of drug-likeness (QED) is 0.501. The van der Waals surface area contributed by atoms with Crippen LogP contribution in [0.4, 0.5) is 0 Å². The van der Waals surface area contributed by atoms with Crippen molar-refractivity contribution in [3.05, 3.63) is 30.3 Å². The van der Waals surface area contributed by atoms with Crippen LogP contribution in [0.5, 0.6) is 5.75 Å². The molecule has 0 saturated heterocycles. The molecule has 0 aliphatic heterocycles. The van der Waals surface area contributed by atoms with E-state index in [9.17, 15) is 0 Å². The Morgan fingerprint density at radius 2 is 1.80 bits per heavy atom. The van der Waals surface area contributed by atoms with Crippen LogP contribution in [0.25, 0.3) is 0 Å². The van der Waals surface area contributed by atoms with Gasteiger partial charge in [-0.1, -0.05) is 18.2 Å². The van der Waals surface area contributed by atoms with Crippen LogP contribution >= 0.6 is 9.03 Å². The Balaban J connectivity index is 0.000000810. The maximum absolute atomic E-state index is 8.33. The van der Waals surface area contributed by atoms with E-state index in [1.807, 2.05) is 18.2 Å². The van der Waals surface area contributed by atoms with E-state index in [2.05, 4.69) is 0 Å². The van der Waals surface area contributed by atoms with Gasteiger partial charge < -0.3 is 9.42 Å². The van der Waals surface area contributed by atoms with Crippen LogP contribution in [0.1, 0.15) is 0 Å². The molecule has 0 aromatic heterocycles. The molecule has 0 saturated carbocycles. The van der Waals surface area contributed by atoms with Crippen molar-refractivity contribution in [3.8, 4) is 5.75 Å². The molecule has 1 aromatic carbocycles. The SMILES string of the molecule is OPOc1ccccc1.[LiH]. The molecule has 0 aliphatic rings. The van der Waals surface area contributed by atoms with Gasteiger partial charge in [-0.25, -0.2) is 0 Å². The molecule has 10 heavy (non-hydrogen) atoms. The Morgan fingerprint density at radius 1 is 1.20 bits per heavy atom. The summed E-state index contributed by atoms with van der Waals surface area (Å²) in [6, 6.07) is 9.20. The van der Waals surface area contributed by atoms with Gasteiger partial charge in [0, 0.05) is 0 Å². The maximum atomic E-state index is 8.33. The Bertz CT molecular complexity index is 169. The monoisotopic (exact) mass is 150 g/mol. The van der Waals surface area contributed by atoms with Crippen molar-refractivity contribution >= 4 is 27.9 Å². The van der Waals surface area contributed by atoms with E-state index >= 15 is 0 Å². The summed E-state index contributed by atoms with van der Waals surface area (Å²) in [5.74, 6) is 0.707. The molecule has 0 bridgehead atoms. The number of benzene rings is 1. The minimum absolute atomic E-state index is 0. The first-order valence-electron chi connectivity index (χ1n) is 2.54. The molecule has 1 N–H and O–H groups in total. The van der Waals surface area contributed by atoms with Crippen molar-refractivity contribution < 1.29 is 9.42 Å². The number of para-hydroxylation sites is 1. The van der Waals surface area contributed by atoms with Gasteiger partial charge in [-0.2, -0.15) is 0 Å². The molecule has 1 rings (SSSR count). The molecule has 0 fully saturated rings. The molecular formula is C6H8LiO2P. The van der Waals surface area contributed by atoms with Gasteiger partial charge in [-0.05, 0) is 12.1 Å². The van der Waals surface area contributed by atoms with Crippen molar-refractivity contribution in [1.29, 1.82) is 0 Å². The average molecular weight is 150 g/mol. The normalized spacial score (nSPS) is 9.30. The molecule has 1 atom stereocenters. The van der Waals surface area contributed by atoms with Gasteiger partial charge in [0.1, 0.15) is 5.75 Å². The number of hydrogen-bond donors (Lipinski definition) is 1. The number of rotatable bonds is 2. The van der Waals surface area contributed by atoms with Crippen LogP contribution < -0.4 is 4.52 Å². The van der Waals surface area contributed by atoms with Crippen molar-refractivity contribution in [1.82, 2.24) is 0 Å². The molecule has 1 unspecified atom stereocenters. The molecule has 4 heteroatoms. The van der Waals surface area contributed by atoms with E-state index in [0.29, 0.717) is 5.75 Å². The zero-order valence-electron chi connectivity index (χ0n) is 4.74. The van der Waals surface area contributed by atoms with E-state index in [0.717, 1.165) is 0 Å². The summed E-state index contributed by atoms with van der Waals surface area (Å²) in [5, 5.41) is 0. The molecule has 0 radical (unpaired) electrons. The zero-order valence-corrected chi connectivity index (χ0v) is 5.74. The van der Waals surface area contributed by atoms with E-state index in [-0.39, 0.29) is 18.9 Å². The third-order valence-corrected chi connectivity index (χ3v) is 1.23. The Hall–Kier alpha value is 0.00740. The summed E-state index contributed by atoms with van der Waals surface area (Å²) in [4.78, 5) is 8.33. The second-order valence-corrected chi connectivity index (χ2v) is 1.89. The fourth-order valence-electron chi connectivity index (χ4n) is 0.541. The van der Waals surface area contributed by atoms with Crippen LogP contribution in [-0.4, -0.2) is 23.8 Å². The van der Waals surface area contributed by atoms with E-state index in [1.54, 1.807) is 12.1 Å². The number of hydrogen-bond acceptors (Lipinski definition) is 2. The second-order valence-electron chi connectivity index (χ2n) is 1.51. The summed E-state index contributed by atoms with van der Waals surface area (Å²) < 4.78 is 4.79. The molecular weight excluding hydrogens is 142 g/mol. The fourth-order valence-corrected chi connectivity index (χ4v) is 0.783. The van der Waals surface area contributed by atoms with E-state index < -0.39 is 9.03 Å². The summed E-state index contributed by atoms with van der Waals surface area (Å²) in [6.45, 7) is 0. The first-order valence-corrected chi connectivity index (χ1v) is 3.40. The predicted molar refractivity (Wildman–Crippen MR) is 44.8 cm³/mol. The van der Waals surface area contributed by atoms with Gasteiger partial charge >= 0.3 is 18.9 Å². The summed E-state index contributed by atoms with van der Waals surface area (Å²) in [6.07, 6.45) is 0. The van der Waals surface area contributed by atoms with Crippen LogP contribution in [0.15, 0.2) is 30.3 Å². The predicted octanol–water partition coefficient (Wildman–Crippen LogP) is 0.918. The first-order chi connectivity index (χ1) is 4.43. The van der Waals surface area contributed by atoms with E-state index in [4.69, 9.17) is 9.42 Å². The third-order valence-electron chi connectivity index (χ3n) is 0.907. The summed E-state index contributed by atoms with van der Waals surface area (Å²) in [7, 11) is -0.465. The van der Waals surface area contributed by atoms with Gasteiger partial charge in [0.25, 0.3) is 0 Å². The molecule has 0 heterocycles. The van der Waals surface area contributed by atoms with Crippen molar-refractivity contribution in [2.45, 2.75) is 0 Å². The van der Waals surface area contributed by atoms with Gasteiger partial charge in [0.05, 0.1) is 0 Å². The second kappa shape index (κ2) is 5.77.